The zero-order valence-electron chi connectivity index (χ0n) is 12.5. The van der Waals surface area contributed by atoms with E-state index in [-0.39, 0.29) is 6.61 Å². The Morgan fingerprint density at radius 3 is 2.67 bits per heavy atom. The van der Waals surface area contributed by atoms with E-state index in [1.165, 1.54) is 41.3 Å². The molecule has 1 unspecified atom stereocenters. The Bertz CT molecular complexity index is 609. The summed E-state index contributed by atoms with van der Waals surface area (Å²) in [6.07, 6.45) is 4.52. The van der Waals surface area contributed by atoms with E-state index in [9.17, 15) is 5.11 Å². The zero-order valence-corrected chi connectivity index (χ0v) is 12.5. The molecular formula is C18H24N2O. The number of nitrogens with zero attached hydrogens (tertiary/aromatic N) is 1. The number of benzene rings is 2. The number of fused-ring (bicyclic) bond motifs is 1. The molecule has 1 heterocycles. The largest absolute Gasteiger partial charge is 0.396 e. The van der Waals surface area contributed by atoms with Gasteiger partial charge in [0.2, 0.25) is 0 Å². The second-order valence-corrected chi connectivity index (χ2v) is 5.85. The van der Waals surface area contributed by atoms with Crippen LogP contribution in [0.25, 0.3) is 10.8 Å². The SMILES string of the molecule is NCc1ccc(N2CCCCC2CCO)c2ccccc12. The van der Waals surface area contributed by atoms with Gasteiger partial charge in [-0.15, -0.1) is 0 Å². The molecule has 1 atom stereocenters. The number of hydrogen-bond donors (Lipinski definition) is 2. The van der Waals surface area contributed by atoms with Crippen molar-refractivity contribution in [2.45, 2.75) is 38.3 Å². The molecule has 3 nitrogen and oxygen atoms in total. The molecule has 0 saturated carbocycles. The van der Waals surface area contributed by atoms with E-state index < -0.39 is 0 Å². The van der Waals surface area contributed by atoms with Crippen LogP contribution in [0.1, 0.15) is 31.2 Å². The first-order valence-corrected chi connectivity index (χ1v) is 7.93. The second-order valence-electron chi connectivity index (χ2n) is 5.85. The standard InChI is InChI=1S/C18H24N2O/c19-13-14-8-9-18(17-7-2-1-6-16(14)17)20-11-4-3-5-15(20)10-12-21/h1-2,6-9,15,21H,3-5,10-13,19H2. The van der Waals surface area contributed by atoms with Crippen molar-refractivity contribution in [3.63, 3.8) is 0 Å². The van der Waals surface area contributed by atoms with Crippen LogP contribution in [-0.2, 0) is 6.54 Å². The average molecular weight is 284 g/mol. The van der Waals surface area contributed by atoms with Crippen LogP contribution in [0.2, 0.25) is 0 Å². The first kappa shape index (κ1) is 14.4. The summed E-state index contributed by atoms with van der Waals surface area (Å²) in [5.74, 6) is 0. The lowest BCUT2D eigenvalue weighted by Gasteiger charge is -2.38. The molecule has 2 aromatic rings. The zero-order chi connectivity index (χ0) is 14.7. The van der Waals surface area contributed by atoms with Crippen molar-refractivity contribution in [3.05, 3.63) is 42.0 Å². The van der Waals surface area contributed by atoms with Crippen LogP contribution in [-0.4, -0.2) is 24.3 Å². The molecule has 2 aromatic carbocycles. The van der Waals surface area contributed by atoms with Crippen molar-refractivity contribution in [2.75, 3.05) is 18.1 Å². The Hall–Kier alpha value is -1.58. The fourth-order valence-electron chi connectivity index (χ4n) is 3.54. The molecule has 3 rings (SSSR count). The van der Waals surface area contributed by atoms with Crippen LogP contribution in [0, 0.1) is 0 Å². The molecule has 1 fully saturated rings. The summed E-state index contributed by atoms with van der Waals surface area (Å²) in [5.41, 5.74) is 8.36. The highest BCUT2D eigenvalue weighted by Gasteiger charge is 2.23. The van der Waals surface area contributed by atoms with Gasteiger partial charge in [0.05, 0.1) is 0 Å². The molecule has 112 valence electrons. The molecule has 21 heavy (non-hydrogen) atoms. The molecule has 0 amide bonds. The minimum atomic E-state index is 0.264. The number of hydrogen-bond acceptors (Lipinski definition) is 3. The van der Waals surface area contributed by atoms with Gasteiger partial charge in [0, 0.05) is 36.8 Å². The number of anilines is 1. The Kier molecular flexibility index (Phi) is 4.42. The van der Waals surface area contributed by atoms with Gasteiger partial charge in [-0.05, 0) is 42.7 Å². The number of piperidine rings is 1. The third-order valence-corrected chi connectivity index (χ3v) is 4.61. The van der Waals surface area contributed by atoms with E-state index in [0.29, 0.717) is 12.6 Å². The van der Waals surface area contributed by atoms with Crippen molar-refractivity contribution in [1.82, 2.24) is 0 Å². The summed E-state index contributed by atoms with van der Waals surface area (Å²) in [4.78, 5) is 2.49. The maximum atomic E-state index is 9.34. The molecule has 1 saturated heterocycles. The molecule has 1 aliphatic rings. The monoisotopic (exact) mass is 284 g/mol. The van der Waals surface area contributed by atoms with E-state index >= 15 is 0 Å². The van der Waals surface area contributed by atoms with Gasteiger partial charge in [0.15, 0.2) is 0 Å². The lowest BCUT2D eigenvalue weighted by atomic mass is 9.96. The van der Waals surface area contributed by atoms with Crippen molar-refractivity contribution in [2.24, 2.45) is 5.73 Å². The summed E-state index contributed by atoms with van der Waals surface area (Å²) in [6, 6.07) is 13.3. The van der Waals surface area contributed by atoms with Gasteiger partial charge in [-0.3, -0.25) is 0 Å². The number of aliphatic hydroxyl groups is 1. The van der Waals surface area contributed by atoms with Crippen molar-refractivity contribution in [1.29, 1.82) is 0 Å². The maximum absolute atomic E-state index is 9.34. The van der Waals surface area contributed by atoms with E-state index in [2.05, 4.69) is 41.3 Å². The average Bonchev–Trinajstić information content (AvgIpc) is 2.55. The highest BCUT2D eigenvalue weighted by molar-refractivity contribution is 5.96. The molecule has 3 heteroatoms. The lowest BCUT2D eigenvalue weighted by molar-refractivity contribution is 0.262. The Morgan fingerprint density at radius 2 is 1.90 bits per heavy atom. The summed E-state index contributed by atoms with van der Waals surface area (Å²) in [6.45, 7) is 1.91. The van der Waals surface area contributed by atoms with E-state index in [0.717, 1.165) is 13.0 Å². The normalized spacial score (nSPS) is 19.1. The molecular weight excluding hydrogens is 260 g/mol. The number of rotatable bonds is 4. The molecule has 0 aromatic heterocycles. The van der Waals surface area contributed by atoms with Crippen LogP contribution in [0.15, 0.2) is 36.4 Å². The number of nitrogens with two attached hydrogens (primary N) is 1. The van der Waals surface area contributed by atoms with E-state index in [1.807, 2.05) is 0 Å². The van der Waals surface area contributed by atoms with Crippen molar-refractivity contribution >= 4 is 16.5 Å². The summed E-state index contributed by atoms with van der Waals surface area (Å²) in [5, 5.41) is 11.9. The van der Waals surface area contributed by atoms with Gasteiger partial charge in [-0.1, -0.05) is 30.3 Å². The smallest absolute Gasteiger partial charge is 0.0450 e. The van der Waals surface area contributed by atoms with Crippen LogP contribution < -0.4 is 10.6 Å². The first-order valence-electron chi connectivity index (χ1n) is 7.93. The van der Waals surface area contributed by atoms with Gasteiger partial charge in [0.25, 0.3) is 0 Å². The minimum Gasteiger partial charge on any atom is -0.396 e. The highest BCUT2D eigenvalue weighted by Crippen LogP contribution is 2.34. The fourth-order valence-corrected chi connectivity index (χ4v) is 3.54. The van der Waals surface area contributed by atoms with Crippen LogP contribution in [0.5, 0.6) is 0 Å². The Balaban J connectivity index is 2.06. The van der Waals surface area contributed by atoms with Gasteiger partial charge >= 0.3 is 0 Å². The third kappa shape index (κ3) is 2.76. The summed E-state index contributed by atoms with van der Waals surface area (Å²) < 4.78 is 0. The summed E-state index contributed by atoms with van der Waals surface area (Å²) >= 11 is 0. The van der Waals surface area contributed by atoms with E-state index in [4.69, 9.17) is 5.73 Å². The molecule has 3 N–H and O–H groups in total. The predicted octanol–water partition coefficient (Wildman–Crippen LogP) is 3.04. The van der Waals surface area contributed by atoms with E-state index in [1.54, 1.807) is 0 Å². The predicted molar refractivity (Wildman–Crippen MR) is 88.5 cm³/mol. The second kappa shape index (κ2) is 6.46. The minimum absolute atomic E-state index is 0.264. The van der Waals surface area contributed by atoms with Gasteiger partial charge in [-0.25, -0.2) is 0 Å². The lowest BCUT2D eigenvalue weighted by Crippen LogP contribution is -2.40. The van der Waals surface area contributed by atoms with Gasteiger partial charge in [-0.2, -0.15) is 0 Å². The van der Waals surface area contributed by atoms with Crippen LogP contribution in [0.4, 0.5) is 5.69 Å². The molecule has 1 aliphatic heterocycles. The van der Waals surface area contributed by atoms with Crippen molar-refractivity contribution < 1.29 is 5.11 Å². The summed E-state index contributed by atoms with van der Waals surface area (Å²) in [7, 11) is 0. The molecule has 0 spiro atoms. The van der Waals surface area contributed by atoms with Crippen LogP contribution >= 0.6 is 0 Å². The quantitative estimate of drug-likeness (QED) is 0.907. The molecule has 0 bridgehead atoms. The molecule has 0 aliphatic carbocycles. The fraction of sp³-hybridized carbons (Fsp3) is 0.444. The Labute approximate surface area is 126 Å². The number of aliphatic hydroxyl groups excluding tert-OH is 1. The van der Waals surface area contributed by atoms with Gasteiger partial charge in [0.1, 0.15) is 0 Å². The Morgan fingerprint density at radius 1 is 1.10 bits per heavy atom. The third-order valence-electron chi connectivity index (χ3n) is 4.61. The van der Waals surface area contributed by atoms with Crippen molar-refractivity contribution in [3.8, 4) is 0 Å². The molecule has 0 radical (unpaired) electrons. The van der Waals surface area contributed by atoms with Gasteiger partial charge < -0.3 is 15.7 Å². The van der Waals surface area contributed by atoms with Crippen LogP contribution in [0.3, 0.4) is 0 Å². The highest BCUT2D eigenvalue weighted by atomic mass is 16.3. The topological polar surface area (TPSA) is 49.5 Å². The first-order chi connectivity index (χ1) is 10.3. The maximum Gasteiger partial charge on any atom is 0.0450 e.